The van der Waals surface area contributed by atoms with Crippen LogP contribution in [-0.4, -0.2) is 14.5 Å². The molecule has 0 fully saturated rings. The molecule has 2 aromatic rings. The van der Waals surface area contributed by atoms with Crippen molar-refractivity contribution in [1.29, 1.82) is 0 Å². The highest BCUT2D eigenvalue weighted by atomic mass is 79.9. The number of hydrogen-bond acceptors (Lipinski definition) is 2. The molecule has 3 nitrogen and oxygen atoms in total. The Bertz CT molecular complexity index is 807. The van der Waals surface area contributed by atoms with E-state index in [2.05, 4.69) is 15.9 Å². The fraction of sp³-hybridized carbons (Fsp3) is 0.200. The van der Waals surface area contributed by atoms with Crippen LogP contribution in [0.2, 0.25) is 5.02 Å². The van der Waals surface area contributed by atoms with Gasteiger partial charge in [0.2, 0.25) is 0 Å². The summed E-state index contributed by atoms with van der Waals surface area (Å²) in [5.41, 5.74) is 1.78. The Morgan fingerprint density at radius 1 is 1.24 bits per heavy atom. The van der Waals surface area contributed by atoms with Crippen LogP contribution in [0, 0.1) is 0 Å². The number of nitrogens with zero attached hydrogens (tertiary/aromatic N) is 1. The Hall–Kier alpha value is -1.04. The van der Waals surface area contributed by atoms with E-state index in [1.807, 2.05) is 31.2 Å². The van der Waals surface area contributed by atoms with Crippen molar-refractivity contribution in [3.05, 3.63) is 57.5 Å². The number of benzene rings is 2. The fourth-order valence-corrected chi connectivity index (χ4v) is 5.40. The van der Waals surface area contributed by atoms with Crippen LogP contribution in [0.25, 0.3) is 0 Å². The second kappa shape index (κ2) is 5.30. The van der Waals surface area contributed by atoms with Gasteiger partial charge in [-0.15, -0.1) is 0 Å². The van der Waals surface area contributed by atoms with Crippen LogP contribution in [0.1, 0.15) is 12.5 Å². The van der Waals surface area contributed by atoms with Crippen LogP contribution in [0.5, 0.6) is 0 Å². The van der Waals surface area contributed by atoms with Gasteiger partial charge in [-0.25, -0.2) is 8.42 Å². The number of hydrogen-bond donors (Lipinski definition) is 0. The third kappa shape index (κ3) is 2.47. The second-order valence-electron chi connectivity index (χ2n) is 5.06. The topological polar surface area (TPSA) is 37.4 Å². The Kier molecular flexibility index (Phi) is 3.76. The third-order valence-electron chi connectivity index (χ3n) is 3.58. The average molecular weight is 387 g/mol. The summed E-state index contributed by atoms with van der Waals surface area (Å²) in [6.07, 6.45) is 0.712. The maximum absolute atomic E-state index is 13.0. The van der Waals surface area contributed by atoms with Crippen molar-refractivity contribution < 1.29 is 8.42 Å². The molecule has 0 radical (unpaired) electrons. The molecule has 0 aliphatic carbocycles. The minimum atomic E-state index is -3.67. The molecule has 21 heavy (non-hydrogen) atoms. The molecule has 1 aliphatic heterocycles. The molecule has 0 N–H and O–H groups in total. The van der Waals surface area contributed by atoms with E-state index in [4.69, 9.17) is 11.6 Å². The molecule has 0 spiro atoms. The minimum Gasteiger partial charge on any atom is -0.263 e. The van der Waals surface area contributed by atoms with Crippen LogP contribution >= 0.6 is 27.5 Å². The summed E-state index contributed by atoms with van der Waals surface area (Å²) in [6, 6.07) is 12.3. The van der Waals surface area contributed by atoms with Gasteiger partial charge in [-0.1, -0.05) is 45.7 Å². The lowest BCUT2D eigenvalue weighted by atomic mass is 10.1. The summed E-state index contributed by atoms with van der Waals surface area (Å²) >= 11 is 9.42. The zero-order valence-corrected chi connectivity index (χ0v) is 14.4. The second-order valence-corrected chi connectivity index (χ2v) is 8.16. The monoisotopic (exact) mass is 385 g/mol. The lowest BCUT2D eigenvalue weighted by Gasteiger charge is -2.25. The summed E-state index contributed by atoms with van der Waals surface area (Å²) in [5.74, 6) is 0. The highest BCUT2D eigenvalue weighted by Crippen LogP contribution is 2.38. The molecule has 0 aromatic heterocycles. The molecule has 3 rings (SSSR count). The molecule has 1 aliphatic rings. The van der Waals surface area contributed by atoms with E-state index in [1.165, 1.54) is 10.4 Å². The SMILES string of the molecule is CC1Cc2ccccc2N1S(=O)(=O)c1ccc(Br)cc1Cl. The molecular formula is C15H13BrClNO2S. The van der Waals surface area contributed by atoms with Crippen molar-refractivity contribution >= 4 is 43.2 Å². The number of sulfonamides is 1. The van der Waals surface area contributed by atoms with Gasteiger partial charge in [-0.05, 0) is 43.2 Å². The molecule has 0 saturated heterocycles. The van der Waals surface area contributed by atoms with E-state index in [1.54, 1.807) is 12.1 Å². The molecule has 1 atom stereocenters. The molecule has 1 unspecified atom stereocenters. The first-order valence-corrected chi connectivity index (χ1v) is 9.10. The zero-order chi connectivity index (χ0) is 15.2. The van der Waals surface area contributed by atoms with Crippen molar-refractivity contribution in [3.63, 3.8) is 0 Å². The highest BCUT2D eigenvalue weighted by Gasteiger charge is 2.36. The van der Waals surface area contributed by atoms with Gasteiger partial charge in [0.1, 0.15) is 4.90 Å². The maximum atomic E-state index is 13.0. The van der Waals surface area contributed by atoms with Crippen LogP contribution in [0.4, 0.5) is 5.69 Å². The van der Waals surface area contributed by atoms with Crippen LogP contribution < -0.4 is 4.31 Å². The molecule has 0 bridgehead atoms. The maximum Gasteiger partial charge on any atom is 0.266 e. The van der Waals surface area contributed by atoms with Crippen LogP contribution in [0.15, 0.2) is 51.8 Å². The predicted octanol–water partition coefficient (Wildman–Crippen LogP) is 4.24. The number of halogens is 2. The Balaban J connectivity index is 2.15. The summed E-state index contributed by atoms with van der Waals surface area (Å²) in [4.78, 5) is 0.135. The van der Waals surface area contributed by atoms with Gasteiger partial charge >= 0.3 is 0 Å². The van der Waals surface area contributed by atoms with E-state index in [0.717, 1.165) is 15.7 Å². The molecule has 0 amide bonds. The van der Waals surface area contributed by atoms with Crippen molar-refractivity contribution in [1.82, 2.24) is 0 Å². The Labute approximate surface area is 137 Å². The number of rotatable bonds is 2. The highest BCUT2D eigenvalue weighted by molar-refractivity contribution is 9.10. The number of para-hydroxylation sites is 1. The summed E-state index contributed by atoms with van der Waals surface area (Å²) in [7, 11) is -3.67. The Morgan fingerprint density at radius 3 is 2.67 bits per heavy atom. The first-order chi connectivity index (χ1) is 9.91. The lowest BCUT2D eigenvalue weighted by molar-refractivity contribution is 0.584. The van der Waals surface area contributed by atoms with Crippen molar-refractivity contribution in [2.45, 2.75) is 24.3 Å². The van der Waals surface area contributed by atoms with Crippen LogP contribution in [-0.2, 0) is 16.4 Å². The standard InChI is InChI=1S/C15H13BrClNO2S/c1-10-8-11-4-2-3-5-14(11)18(10)21(19,20)15-7-6-12(16)9-13(15)17/h2-7,9-10H,8H2,1H3. The van der Waals surface area contributed by atoms with E-state index in [0.29, 0.717) is 6.42 Å². The van der Waals surface area contributed by atoms with Gasteiger partial charge in [-0.3, -0.25) is 4.31 Å². The summed E-state index contributed by atoms with van der Waals surface area (Å²) < 4.78 is 28.2. The van der Waals surface area contributed by atoms with Gasteiger partial charge in [0.15, 0.2) is 0 Å². The molecule has 2 aromatic carbocycles. The molecule has 0 saturated carbocycles. The largest absolute Gasteiger partial charge is 0.266 e. The predicted molar refractivity (Wildman–Crippen MR) is 88.4 cm³/mol. The first-order valence-electron chi connectivity index (χ1n) is 6.48. The number of fused-ring (bicyclic) bond motifs is 1. The van der Waals surface area contributed by atoms with E-state index >= 15 is 0 Å². The van der Waals surface area contributed by atoms with Crippen molar-refractivity contribution in [2.75, 3.05) is 4.31 Å². The Morgan fingerprint density at radius 2 is 1.95 bits per heavy atom. The van der Waals surface area contributed by atoms with E-state index in [-0.39, 0.29) is 16.0 Å². The normalized spacial score (nSPS) is 17.9. The van der Waals surface area contributed by atoms with Gasteiger partial charge in [0, 0.05) is 10.5 Å². The lowest BCUT2D eigenvalue weighted by Crippen LogP contribution is -2.35. The van der Waals surface area contributed by atoms with Gasteiger partial charge in [0.05, 0.1) is 10.7 Å². The van der Waals surface area contributed by atoms with Gasteiger partial charge in [-0.2, -0.15) is 0 Å². The summed E-state index contributed by atoms with van der Waals surface area (Å²) in [5, 5.41) is 0.223. The van der Waals surface area contributed by atoms with Crippen molar-refractivity contribution in [2.24, 2.45) is 0 Å². The van der Waals surface area contributed by atoms with Crippen LogP contribution in [0.3, 0.4) is 0 Å². The quantitative estimate of drug-likeness (QED) is 0.774. The average Bonchev–Trinajstić information content (AvgIpc) is 2.74. The molecule has 6 heteroatoms. The zero-order valence-electron chi connectivity index (χ0n) is 11.3. The van der Waals surface area contributed by atoms with Gasteiger partial charge in [0.25, 0.3) is 10.0 Å². The molecular weight excluding hydrogens is 374 g/mol. The molecule has 110 valence electrons. The first kappa shape index (κ1) is 14.9. The van der Waals surface area contributed by atoms with Gasteiger partial charge < -0.3 is 0 Å². The van der Waals surface area contributed by atoms with E-state index in [9.17, 15) is 8.42 Å². The molecule has 1 heterocycles. The van der Waals surface area contributed by atoms with Crippen molar-refractivity contribution in [3.8, 4) is 0 Å². The number of anilines is 1. The fourth-order valence-electron chi connectivity index (χ4n) is 2.69. The summed E-state index contributed by atoms with van der Waals surface area (Å²) in [6.45, 7) is 1.91. The third-order valence-corrected chi connectivity index (χ3v) is 6.48. The minimum absolute atomic E-state index is 0.118. The smallest absolute Gasteiger partial charge is 0.263 e. The van der Waals surface area contributed by atoms with E-state index < -0.39 is 10.0 Å².